The first kappa shape index (κ1) is 17.5. The maximum atomic E-state index is 12.0. The van der Waals surface area contributed by atoms with Crippen LogP contribution in [0.3, 0.4) is 0 Å². The average molecular weight is 327 g/mol. The molecule has 6 heteroatoms. The van der Waals surface area contributed by atoms with Gasteiger partial charge in [-0.3, -0.25) is 14.9 Å². The fourth-order valence-electron chi connectivity index (χ4n) is 2.45. The van der Waals surface area contributed by atoms with E-state index in [-0.39, 0.29) is 23.2 Å². The Morgan fingerprint density at radius 2 is 1.88 bits per heavy atom. The fourth-order valence-corrected chi connectivity index (χ4v) is 2.45. The number of anilines is 1. The quantitative estimate of drug-likeness (QED) is 0.626. The van der Waals surface area contributed by atoms with Gasteiger partial charge in [-0.25, -0.2) is 0 Å². The van der Waals surface area contributed by atoms with E-state index in [2.05, 4.69) is 29.7 Å². The molecule has 1 unspecified atom stereocenters. The summed E-state index contributed by atoms with van der Waals surface area (Å²) in [5.74, 6) is -0.366. The Labute approximate surface area is 141 Å². The molecule has 2 aromatic carbocycles. The molecule has 1 atom stereocenters. The number of nitrogens with one attached hydrogen (secondary N) is 2. The summed E-state index contributed by atoms with van der Waals surface area (Å²) in [5, 5.41) is 16.7. The van der Waals surface area contributed by atoms with Gasteiger partial charge in [0.25, 0.3) is 11.6 Å². The van der Waals surface area contributed by atoms with Gasteiger partial charge in [-0.1, -0.05) is 31.2 Å². The van der Waals surface area contributed by atoms with Crippen LogP contribution in [0.15, 0.2) is 42.5 Å². The van der Waals surface area contributed by atoms with Gasteiger partial charge >= 0.3 is 0 Å². The standard InChI is InChI=1S/C18H21N3O3/c1-4-13-5-7-14(8-6-13)12(2)20-17-10-9-15(21(23)24)11-16(17)18(22)19-3/h5-12,20H,4H2,1-3H3,(H,19,22). The zero-order chi connectivity index (χ0) is 17.7. The van der Waals surface area contributed by atoms with Gasteiger partial charge in [0.05, 0.1) is 10.5 Å². The van der Waals surface area contributed by atoms with Crippen LogP contribution in [0.25, 0.3) is 0 Å². The lowest BCUT2D eigenvalue weighted by atomic mass is 10.0. The van der Waals surface area contributed by atoms with E-state index < -0.39 is 4.92 Å². The Hall–Kier alpha value is -2.89. The first-order valence-electron chi connectivity index (χ1n) is 7.82. The SMILES string of the molecule is CCc1ccc(C(C)Nc2ccc([N+](=O)[O-])cc2C(=O)NC)cc1. The Morgan fingerprint density at radius 3 is 2.42 bits per heavy atom. The Balaban J connectivity index is 2.29. The van der Waals surface area contributed by atoms with Gasteiger partial charge in [0.15, 0.2) is 0 Å². The smallest absolute Gasteiger partial charge is 0.270 e. The number of non-ortho nitro benzene ring substituents is 1. The Morgan fingerprint density at radius 1 is 1.21 bits per heavy atom. The molecule has 2 aromatic rings. The van der Waals surface area contributed by atoms with Gasteiger partial charge in [0, 0.05) is 30.9 Å². The third kappa shape index (κ3) is 3.90. The second-order valence-corrected chi connectivity index (χ2v) is 5.53. The monoisotopic (exact) mass is 327 g/mol. The number of carbonyl (C=O) groups is 1. The fraction of sp³-hybridized carbons (Fsp3) is 0.278. The molecule has 0 aliphatic heterocycles. The van der Waals surface area contributed by atoms with Crippen LogP contribution >= 0.6 is 0 Å². The van der Waals surface area contributed by atoms with Crippen molar-refractivity contribution in [1.29, 1.82) is 0 Å². The summed E-state index contributed by atoms with van der Waals surface area (Å²) < 4.78 is 0. The van der Waals surface area contributed by atoms with Gasteiger partial charge in [0.1, 0.15) is 0 Å². The number of rotatable bonds is 6. The molecule has 0 aromatic heterocycles. The maximum absolute atomic E-state index is 12.0. The topological polar surface area (TPSA) is 84.3 Å². The predicted molar refractivity (Wildman–Crippen MR) is 94.3 cm³/mol. The summed E-state index contributed by atoms with van der Waals surface area (Å²) in [6.07, 6.45) is 0.977. The van der Waals surface area contributed by atoms with Gasteiger partial charge in [-0.2, -0.15) is 0 Å². The normalized spacial score (nSPS) is 11.6. The van der Waals surface area contributed by atoms with Crippen molar-refractivity contribution >= 4 is 17.3 Å². The highest BCUT2D eigenvalue weighted by molar-refractivity contribution is 6.00. The molecule has 0 aliphatic rings. The van der Waals surface area contributed by atoms with Crippen molar-refractivity contribution in [2.24, 2.45) is 0 Å². The van der Waals surface area contributed by atoms with Crippen LogP contribution in [-0.2, 0) is 6.42 Å². The molecule has 2 rings (SSSR count). The number of hydrogen-bond donors (Lipinski definition) is 2. The lowest BCUT2D eigenvalue weighted by Crippen LogP contribution is -2.20. The molecule has 2 N–H and O–H groups in total. The van der Waals surface area contributed by atoms with E-state index in [1.54, 1.807) is 6.07 Å². The molecule has 0 bridgehead atoms. The number of nitro benzene ring substituents is 1. The largest absolute Gasteiger partial charge is 0.378 e. The van der Waals surface area contributed by atoms with Crippen molar-refractivity contribution in [3.05, 3.63) is 69.3 Å². The van der Waals surface area contributed by atoms with Crippen LogP contribution in [0, 0.1) is 10.1 Å². The first-order chi connectivity index (χ1) is 11.5. The van der Waals surface area contributed by atoms with Gasteiger partial charge in [-0.15, -0.1) is 0 Å². The van der Waals surface area contributed by atoms with Crippen LogP contribution in [0.2, 0.25) is 0 Å². The number of aryl methyl sites for hydroxylation is 1. The number of hydrogen-bond acceptors (Lipinski definition) is 4. The van der Waals surface area contributed by atoms with E-state index >= 15 is 0 Å². The molecule has 0 saturated carbocycles. The van der Waals surface area contributed by atoms with Gasteiger partial charge < -0.3 is 10.6 Å². The molecule has 0 saturated heterocycles. The molecule has 6 nitrogen and oxygen atoms in total. The van der Waals surface area contributed by atoms with E-state index in [1.165, 1.54) is 24.7 Å². The summed E-state index contributed by atoms with van der Waals surface area (Å²) in [6, 6.07) is 12.4. The van der Waals surface area contributed by atoms with Crippen LogP contribution in [-0.4, -0.2) is 17.9 Å². The van der Waals surface area contributed by atoms with Crippen LogP contribution < -0.4 is 10.6 Å². The molecule has 1 amide bonds. The van der Waals surface area contributed by atoms with Crippen LogP contribution in [0.4, 0.5) is 11.4 Å². The predicted octanol–water partition coefficient (Wildman–Crippen LogP) is 3.69. The lowest BCUT2D eigenvalue weighted by Gasteiger charge is -2.18. The van der Waals surface area contributed by atoms with Crippen molar-refractivity contribution in [3.8, 4) is 0 Å². The number of nitrogens with zero attached hydrogens (tertiary/aromatic N) is 1. The molecule has 0 fully saturated rings. The Bertz CT molecular complexity index is 742. The highest BCUT2D eigenvalue weighted by Gasteiger charge is 2.17. The third-order valence-corrected chi connectivity index (χ3v) is 3.95. The second-order valence-electron chi connectivity index (χ2n) is 5.53. The van der Waals surface area contributed by atoms with Crippen molar-refractivity contribution in [1.82, 2.24) is 5.32 Å². The summed E-state index contributed by atoms with van der Waals surface area (Å²) >= 11 is 0. The Kier molecular flexibility index (Phi) is 5.52. The third-order valence-electron chi connectivity index (χ3n) is 3.95. The highest BCUT2D eigenvalue weighted by atomic mass is 16.6. The number of amides is 1. The summed E-state index contributed by atoms with van der Waals surface area (Å²) in [7, 11) is 1.50. The van der Waals surface area contributed by atoms with E-state index in [9.17, 15) is 14.9 Å². The lowest BCUT2D eigenvalue weighted by molar-refractivity contribution is -0.384. The zero-order valence-electron chi connectivity index (χ0n) is 14.0. The highest BCUT2D eigenvalue weighted by Crippen LogP contribution is 2.26. The van der Waals surface area contributed by atoms with Gasteiger partial charge in [-0.05, 0) is 30.5 Å². The van der Waals surface area contributed by atoms with Crippen LogP contribution in [0.1, 0.15) is 41.4 Å². The van der Waals surface area contributed by atoms with E-state index in [0.29, 0.717) is 5.69 Å². The molecular weight excluding hydrogens is 306 g/mol. The number of benzene rings is 2. The summed E-state index contributed by atoms with van der Waals surface area (Å²) in [4.78, 5) is 22.5. The molecule has 0 heterocycles. The molecular formula is C18H21N3O3. The number of carbonyl (C=O) groups excluding carboxylic acids is 1. The van der Waals surface area contributed by atoms with Crippen molar-refractivity contribution in [3.63, 3.8) is 0 Å². The minimum atomic E-state index is -0.511. The van der Waals surface area contributed by atoms with Crippen molar-refractivity contribution in [2.75, 3.05) is 12.4 Å². The average Bonchev–Trinajstić information content (AvgIpc) is 2.61. The summed E-state index contributed by atoms with van der Waals surface area (Å²) in [6.45, 7) is 4.08. The van der Waals surface area contributed by atoms with Crippen LogP contribution in [0.5, 0.6) is 0 Å². The minimum Gasteiger partial charge on any atom is -0.378 e. The molecule has 0 spiro atoms. The molecule has 0 radical (unpaired) electrons. The molecule has 126 valence electrons. The zero-order valence-corrected chi connectivity index (χ0v) is 14.0. The second kappa shape index (κ2) is 7.59. The van der Waals surface area contributed by atoms with E-state index in [1.807, 2.05) is 19.1 Å². The summed E-state index contributed by atoms with van der Waals surface area (Å²) in [5.41, 5.74) is 3.04. The minimum absolute atomic E-state index is 0.0410. The first-order valence-corrected chi connectivity index (χ1v) is 7.82. The van der Waals surface area contributed by atoms with E-state index in [0.717, 1.165) is 12.0 Å². The maximum Gasteiger partial charge on any atom is 0.270 e. The van der Waals surface area contributed by atoms with Gasteiger partial charge in [0.2, 0.25) is 0 Å². The molecule has 0 aliphatic carbocycles. The van der Waals surface area contributed by atoms with Crippen molar-refractivity contribution < 1.29 is 9.72 Å². The van der Waals surface area contributed by atoms with E-state index in [4.69, 9.17) is 0 Å². The van der Waals surface area contributed by atoms with Crippen molar-refractivity contribution in [2.45, 2.75) is 26.3 Å². The molecule has 24 heavy (non-hydrogen) atoms. The number of nitro groups is 1.